The number of anilines is 1. The molecule has 2 atom stereocenters. The van der Waals surface area contributed by atoms with Gasteiger partial charge in [-0.05, 0) is 36.8 Å². The number of hydrogen-bond donors (Lipinski definition) is 1. The number of nitro benzene ring substituents is 1. The second kappa shape index (κ2) is 7.07. The molecule has 0 bridgehead atoms. The second-order valence-electron chi connectivity index (χ2n) is 5.95. The highest BCUT2D eigenvalue weighted by Crippen LogP contribution is 2.30. The minimum Gasteiger partial charge on any atom is -0.385 e. The van der Waals surface area contributed by atoms with E-state index in [0.29, 0.717) is 5.69 Å². The molecular formula is C16H21N3O2. The zero-order chi connectivity index (χ0) is 15.2. The molecule has 1 N–H and O–H groups in total. The van der Waals surface area contributed by atoms with Crippen molar-refractivity contribution < 1.29 is 4.92 Å². The van der Waals surface area contributed by atoms with Gasteiger partial charge in [0.05, 0.1) is 4.92 Å². The average molecular weight is 287 g/mol. The monoisotopic (exact) mass is 287 g/mol. The maximum absolute atomic E-state index is 10.9. The lowest BCUT2D eigenvalue weighted by Crippen LogP contribution is -2.16. The summed E-state index contributed by atoms with van der Waals surface area (Å²) in [4.78, 5) is 10.4. The van der Waals surface area contributed by atoms with Gasteiger partial charge in [0.15, 0.2) is 0 Å². The Balaban J connectivity index is 1.90. The Morgan fingerprint density at radius 3 is 2.95 bits per heavy atom. The van der Waals surface area contributed by atoms with E-state index in [1.54, 1.807) is 6.07 Å². The molecule has 0 radical (unpaired) electrons. The fourth-order valence-electron chi connectivity index (χ4n) is 3.13. The minimum absolute atomic E-state index is 0.103. The van der Waals surface area contributed by atoms with Gasteiger partial charge in [0.2, 0.25) is 0 Å². The van der Waals surface area contributed by atoms with E-state index in [-0.39, 0.29) is 11.3 Å². The molecule has 2 rings (SSSR count). The summed E-state index contributed by atoms with van der Waals surface area (Å²) < 4.78 is 0. The van der Waals surface area contributed by atoms with E-state index in [0.717, 1.165) is 24.8 Å². The molecule has 21 heavy (non-hydrogen) atoms. The Hall–Kier alpha value is -2.09. The molecule has 0 aliphatic heterocycles. The standard InChI is InChI=1S/C16H21N3O2/c1-12-3-2-4-13(9-12)7-8-18-15-6-5-14(11-17)16(10-15)19(20)21/h5-6,10,12-13,18H,2-4,7-9H2,1H3. The maximum atomic E-state index is 10.9. The summed E-state index contributed by atoms with van der Waals surface area (Å²) in [7, 11) is 0. The van der Waals surface area contributed by atoms with Crippen molar-refractivity contribution in [3.05, 3.63) is 33.9 Å². The first-order valence-electron chi connectivity index (χ1n) is 7.52. The molecule has 5 nitrogen and oxygen atoms in total. The molecule has 1 aromatic rings. The van der Waals surface area contributed by atoms with Gasteiger partial charge in [-0.3, -0.25) is 10.1 Å². The van der Waals surface area contributed by atoms with Crippen molar-refractivity contribution in [1.82, 2.24) is 0 Å². The molecular weight excluding hydrogens is 266 g/mol. The first kappa shape index (κ1) is 15.3. The van der Waals surface area contributed by atoms with E-state index in [1.165, 1.54) is 37.8 Å². The molecule has 1 fully saturated rings. The van der Waals surface area contributed by atoms with Crippen molar-refractivity contribution in [2.45, 2.75) is 39.0 Å². The molecule has 0 amide bonds. The van der Waals surface area contributed by atoms with Crippen LogP contribution in [-0.4, -0.2) is 11.5 Å². The van der Waals surface area contributed by atoms with E-state index in [9.17, 15) is 10.1 Å². The first-order chi connectivity index (χ1) is 10.1. The fraction of sp³-hybridized carbons (Fsp3) is 0.562. The third-order valence-corrected chi connectivity index (χ3v) is 4.24. The molecule has 0 saturated heterocycles. The van der Waals surface area contributed by atoms with E-state index in [1.807, 2.05) is 6.07 Å². The Morgan fingerprint density at radius 2 is 2.29 bits per heavy atom. The first-order valence-corrected chi connectivity index (χ1v) is 7.52. The summed E-state index contributed by atoms with van der Waals surface area (Å²) in [6, 6.07) is 6.53. The Morgan fingerprint density at radius 1 is 1.48 bits per heavy atom. The second-order valence-corrected chi connectivity index (χ2v) is 5.95. The lowest BCUT2D eigenvalue weighted by Gasteiger charge is -2.26. The average Bonchev–Trinajstić information content (AvgIpc) is 2.47. The summed E-state index contributed by atoms with van der Waals surface area (Å²) in [5, 5.41) is 23.0. The number of rotatable bonds is 5. The Bertz CT molecular complexity index is 551. The van der Waals surface area contributed by atoms with Gasteiger partial charge in [0.25, 0.3) is 5.69 Å². The van der Waals surface area contributed by atoms with E-state index in [4.69, 9.17) is 5.26 Å². The zero-order valence-electron chi connectivity index (χ0n) is 12.3. The van der Waals surface area contributed by atoms with Crippen LogP contribution in [0.25, 0.3) is 0 Å². The highest BCUT2D eigenvalue weighted by Gasteiger charge is 2.18. The lowest BCUT2D eigenvalue weighted by atomic mass is 9.81. The van der Waals surface area contributed by atoms with Gasteiger partial charge in [0, 0.05) is 18.3 Å². The van der Waals surface area contributed by atoms with Crippen LogP contribution in [0.4, 0.5) is 11.4 Å². The molecule has 0 aromatic heterocycles. The molecule has 5 heteroatoms. The molecule has 2 unspecified atom stereocenters. The number of benzene rings is 1. The predicted octanol–water partition coefficient (Wildman–Crippen LogP) is 4.09. The van der Waals surface area contributed by atoms with Gasteiger partial charge in [0.1, 0.15) is 11.6 Å². The smallest absolute Gasteiger partial charge is 0.289 e. The molecule has 1 aromatic carbocycles. The van der Waals surface area contributed by atoms with Crippen LogP contribution >= 0.6 is 0 Å². The molecule has 0 spiro atoms. The molecule has 1 aliphatic rings. The third-order valence-electron chi connectivity index (χ3n) is 4.24. The van der Waals surface area contributed by atoms with Gasteiger partial charge in [-0.15, -0.1) is 0 Å². The molecule has 1 saturated carbocycles. The minimum atomic E-state index is -0.507. The van der Waals surface area contributed by atoms with Crippen LogP contribution in [0.1, 0.15) is 44.6 Å². The van der Waals surface area contributed by atoms with Gasteiger partial charge < -0.3 is 5.32 Å². The number of nitrogens with zero attached hydrogens (tertiary/aromatic N) is 2. The number of nitro groups is 1. The van der Waals surface area contributed by atoms with Crippen LogP contribution in [0.5, 0.6) is 0 Å². The molecule has 1 aliphatic carbocycles. The zero-order valence-corrected chi connectivity index (χ0v) is 12.3. The summed E-state index contributed by atoms with van der Waals surface area (Å²) in [6.07, 6.45) is 6.33. The van der Waals surface area contributed by atoms with Crippen molar-refractivity contribution in [2.24, 2.45) is 11.8 Å². The van der Waals surface area contributed by atoms with Crippen LogP contribution < -0.4 is 5.32 Å². The van der Waals surface area contributed by atoms with Gasteiger partial charge in [-0.2, -0.15) is 5.26 Å². The largest absolute Gasteiger partial charge is 0.385 e. The summed E-state index contributed by atoms with van der Waals surface area (Å²) in [6.45, 7) is 3.13. The van der Waals surface area contributed by atoms with Crippen LogP contribution in [0.3, 0.4) is 0 Å². The van der Waals surface area contributed by atoms with Crippen molar-refractivity contribution in [3.8, 4) is 6.07 Å². The fourth-order valence-corrected chi connectivity index (χ4v) is 3.13. The van der Waals surface area contributed by atoms with E-state index >= 15 is 0 Å². The molecule has 0 heterocycles. The van der Waals surface area contributed by atoms with Crippen molar-refractivity contribution >= 4 is 11.4 Å². The Kier molecular flexibility index (Phi) is 5.15. The quantitative estimate of drug-likeness (QED) is 0.653. The number of hydrogen-bond acceptors (Lipinski definition) is 4. The van der Waals surface area contributed by atoms with Crippen LogP contribution in [0.15, 0.2) is 18.2 Å². The third kappa shape index (κ3) is 4.19. The number of nitriles is 1. The van der Waals surface area contributed by atoms with Gasteiger partial charge in [-0.1, -0.05) is 26.2 Å². The predicted molar refractivity (Wildman–Crippen MR) is 82.0 cm³/mol. The topological polar surface area (TPSA) is 79.0 Å². The number of nitrogens with one attached hydrogen (secondary N) is 1. The molecule has 112 valence electrons. The Labute approximate surface area is 125 Å². The summed E-state index contributed by atoms with van der Waals surface area (Å²) >= 11 is 0. The van der Waals surface area contributed by atoms with Crippen LogP contribution in [0.2, 0.25) is 0 Å². The maximum Gasteiger partial charge on any atom is 0.289 e. The SMILES string of the molecule is CC1CCCC(CCNc2ccc(C#N)c([N+](=O)[O-])c2)C1. The van der Waals surface area contributed by atoms with Gasteiger partial charge >= 0.3 is 0 Å². The van der Waals surface area contributed by atoms with Crippen molar-refractivity contribution in [2.75, 3.05) is 11.9 Å². The van der Waals surface area contributed by atoms with E-state index in [2.05, 4.69) is 12.2 Å². The van der Waals surface area contributed by atoms with Crippen LogP contribution in [0, 0.1) is 33.3 Å². The highest BCUT2D eigenvalue weighted by molar-refractivity contribution is 5.59. The van der Waals surface area contributed by atoms with Crippen molar-refractivity contribution in [3.63, 3.8) is 0 Å². The van der Waals surface area contributed by atoms with E-state index < -0.39 is 4.92 Å². The van der Waals surface area contributed by atoms with Gasteiger partial charge in [-0.25, -0.2) is 0 Å². The lowest BCUT2D eigenvalue weighted by molar-refractivity contribution is -0.385. The summed E-state index contributed by atoms with van der Waals surface area (Å²) in [5.41, 5.74) is 0.685. The summed E-state index contributed by atoms with van der Waals surface area (Å²) in [5.74, 6) is 1.58. The highest BCUT2D eigenvalue weighted by atomic mass is 16.6. The van der Waals surface area contributed by atoms with Crippen molar-refractivity contribution in [1.29, 1.82) is 5.26 Å². The van der Waals surface area contributed by atoms with Crippen LogP contribution in [-0.2, 0) is 0 Å². The normalized spacial score (nSPS) is 21.5.